The lowest BCUT2D eigenvalue weighted by molar-refractivity contribution is -0.122. The Bertz CT molecular complexity index is 320. The van der Waals surface area contributed by atoms with Gasteiger partial charge in [0.2, 0.25) is 5.91 Å². The van der Waals surface area contributed by atoms with Crippen molar-refractivity contribution in [2.75, 3.05) is 0 Å². The van der Waals surface area contributed by atoms with Crippen molar-refractivity contribution in [3.8, 4) is 0 Å². The van der Waals surface area contributed by atoms with Gasteiger partial charge in [-0.3, -0.25) is 4.79 Å². The third-order valence-electron chi connectivity index (χ3n) is 5.58. The molecule has 1 amide bonds. The molecule has 0 fully saturated rings. The highest BCUT2D eigenvalue weighted by Gasteiger charge is 2.15. The highest BCUT2D eigenvalue weighted by molar-refractivity contribution is 5.76. The van der Waals surface area contributed by atoms with E-state index in [0.717, 1.165) is 32.1 Å². The lowest BCUT2D eigenvalue weighted by Crippen LogP contribution is -2.41. The Labute approximate surface area is 170 Å². The monoisotopic (exact) mass is 383 g/mol. The molecule has 0 heterocycles. The third-order valence-corrected chi connectivity index (χ3v) is 5.58. The van der Waals surface area contributed by atoms with Gasteiger partial charge in [-0.25, -0.2) is 0 Å². The smallest absolute Gasteiger partial charge is 0.220 e. The van der Waals surface area contributed by atoms with Crippen LogP contribution in [0.4, 0.5) is 0 Å². The van der Waals surface area contributed by atoms with Crippen LogP contribution in [0.2, 0.25) is 0 Å². The van der Waals surface area contributed by atoms with Gasteiger partial charge < -0.3 is 10.4 Å². The number of carbonyl (C=O) groups excluding carboxylic acids is 1. The van der Waals surface area contributed by atoms with Crippen LogP contribution >= 0.6 is 0 Å². The molecule has 0 radical (unpaired) electrons. The summed E-state index contributed by atoms with van der Waals surface area (Å²) in [7, 11) is 0. The number of aliphatic hydroxyl groups excluding tert-OH is 1. The zero-order valence-electron chi connectivity index (χ0n) is 18.7. The van der Waals surface area contributed by atoms with E-state index in [2.05, 4.69) is 19.2 Å². The van der Waals surface area contributed by atoms with Crippen LogP contribution < -0.4 is 5.32 Å². The highest BCUT2D eigenvalue weighted by Crippen LogP contribution is 2.14. The van der Waals surface area contributed by atoms with Crippen LogP contribution in [0, 0.1) is 0 Å². The number of aliphatic hydroxyl groups is 1. The van der Waals surface area contributed by atoms with Gasteiger partial charge in [-0.05, 0) is 19.8 Å². The molecule has 0 aliphatic rings. The number of hydrogen-bond donors (Lipinski definition) is 2. The van der Waals surface area contributed by atoms with Crippen LogP contribution in [-0.4, -0.2) is 23.2 Å². The maximum Gasteiger partial charge on any atom is 0.220 e. The highest BCUT2D eigenvalue weighted by atomic mass is 16.3. The summed E-state index contributed by atoms with van der Waals surface area (Å²) in [5.74, 6) is 0.0837. The maximum absolute atomic E-state index is 11.8. The van der Waals surface area contributed by atoms with Gasteiger partial charge in [0.25, 0.3) is 0 Å². The topological polar surface area (TPSA) is 49.3 Å². The summed E-state index contributed by atoms with van der Waals surface area (Å²) in [6.45, 7) is 6.33. The molecule has 3 heteroatoms. The predicted molar refractivity (Wildman–Crippen MR) is 118 cm³/mol. The quantitative estimate of drug-likeness (QED) is 0.224. The Hall–Kier alpha value is -0.570. The maximum atomic E-state index is 11.8. The normalized spacial score (nSPS) is 13.5. The Kier molecular flexibility index (Phi) is 19.7. The molecule has 0 aliphatic carbocycles. The fraction of sp³-hybridized carbons (Fsp3) is 0.958. The lowest BCUT2D eigenvalue weighted by atomic mass is 10.0. The van der Waals surface area contributed by atoms with Gasteiger partial charge in [0.05, 0.1) is 12.1 Å². The molecule has 3 nitrogen and oxygen atoms in total. The summed E-state index contributed by atoms with van der Waals surface area (Å²) in [6, 6.07) is -0.128. The van der Waals surface area contributed by atoms with Crippen LogP contribution in [0.15, 0.2) is 0 Å². The SMILES string of the molecule is CCCCCCCCCCCCCCC[C@@H](O)[C@H](C)NC(=O)CCCCC. The summed E-state index contributed by atoms with van der Waals surface area (Å²) in [4.78, 5) is 11.8. The molecule has 27 heavy (non-hydrogen) atoms. The van der Waals surface area contributed by atoms with Crippen LogP contribution in [-0.2, 0) is 4.79 Å². The Morgan fingerprint density at radius 1 is 0.704 bits per heavy atom. The number of hydrogen-bond acceptors (Lipinski definition) is 2. The molecule has 2 N–H and O–H groups in total. The van der Waals surface area contributed by atoms with E-state index in [0.29, 0.717) is 6.42 Å². The number of amides is 1. The molecule has 0 saturated heterocycles. The molecule has 0 aromatic carbocycles. The molecular formula is C24H49NO2. The average molecular weight is 384 g/mol. The van der Waals surface area contributed by atoms with Gasteiger partial charge in [0, 0.05) is 6.42 Å². The van der Waals surface area contributed by atoms with E-state index < -0.39 is 6.10 Å². The van der Waals surface area contributed by atoms with E-state index in [1.807, 2.05) is 6.92 Å². The van der Waals surface area contributed by atoms with Crippen LogP contribution in [0.3, 0.4) is 0 Å². The minimum absolute atomic E-state index is 0.0837. The first-order chi connectivity index (χ1) is 13.1. The summed E-state index contributed by atoms with van der Waals surface area (Å²) in [6.07, 6.45) is 21.6. The van der Waals surface area contributed by atoms with Crippen molar-refractivity contribution in [2.24, 2.45) is 0 Å². The van der Waals surface area contributed by atoms with Crippen molar-refractivity contribution in [1.29, 1.82) is 0 Å². The second-order valence-electron chi connectivity index (χ2n) is 8.41. The minimum atomic E-state index is -0.409. The van der Waals surface area contributed by atoms with E-state index in [4.69, 9.17) is 0 Å². The van der Waals surface area contributed by atoms with Gasteiger partial charge in [-0.15, -0.1) is 0 Å². The molecular weight excluding hydrogens is 334 g/mol. The second kappa shape index (κ2) is 20.2. The van der Waals surface area contributed by atoms with Gasteiger partial charge in [-0.2, -0.15) is 0 Å². The summed E-state index contributed by atoms with van der Waals surface area (Å²) >= 11 is 0. The summed E-state index contributed by atoms with van der Waals surface area (Å²) < 4.78 is 0. The zero-order valence-corrected chi connectivity index (χ0v) is 18.7. The molecule has 0 aromatic heterocycles. The first-order valence-electron chi connectivity index (χ1n) is 12.1. The van der Waals surface area contributed by atoms with Gasteiger partial charge in [0.1, 0.15) is 0 Å². The van der Waals surface area contributed by atoms with Gasteiger partial charge in [-0.1, -0.05) is 110 Å². The standard InChI is InChI=1S/C24H49NO2/c1-4-6-8-9-10-11-12-13-14-15-16-17-19-20-23(26)22(3)25-24(27)21-18-7-5-2/h22-23,26H,4-21H2,1-3H3,(H,25,27)/t22-,23+/m0/s1. The van der Waals surface area contributed by atoms with Crippen LogP contribution in [0.25, 0.3) is 0 Å². The Morgan fingerprint density at radius 3 is 1.59 bits per heavy atom. The summed E-state index contributed by atoms with van der Waals surface area (Å²) in [5.41, 5.74) is 0. The first kappa shape index (κ1) is 26.4. The molecule has 0 bridgehead atoms. The molecule has 0 aromatic rings. The lowest BCUT2D eigenvalue weighted by Gasteiger charge is -2.20. The van der Waals surface area contributed by atoms with Crippen molar-refractivity contribution in [1.82, 2.24) is 5.32 Å². The third kappa shape index (κ3) is 18.6. The van der Waals surface area contributed by atoms with Crippen molar-refractivity contribution in [2.45, 2.75) is 148 Å². The molecule has 0 spiro atoms. The van der Waals surface area contributed by atoms with Crippen LogP contribution in [0.1, 0.15) is 136 Å². The van der Waals surface area contributed by atoms with Crippen molar-refractivity contribution >= 4 is 5.91 Å². The van der Waals surface area contributed by atoms with E-state index in [1.54, 1.807) is 0 Å². The zero-order chi connectivity index (χ0) is 20.2. The van der Waals surface area contributed by atoms with Gasteiger partial charge >= 0.3 is 0 Å². The second-order valence-corrected chi connectivity index (χ2v) is 8.41. The average Bonchev–Trinajstić information content (AvgIpc) is 2.65. The molecule has 0 saturated carbocycles. The number of rotatable bonds is 20. The van der Waals surface area contributed by atoms with E-state index in [9.17, 15) is 9.90 Å². The van der Waals surface area contributed by atoms with E-state index in [1.165, 1.54) is 77.0 Å². The largest absolute Gasteiger partial charge is 0.391 e. The first-order valence-corrected chi connectivity index (χ1v) is 12.1. The molecule has 0 aliphatic heterocycles. The fourth-order valence-electron chi connectivity index (χ4n) is 3.58. The minimum Gasteiger partial charge on any atom is -0.391 e. The van der Waals surface area contributed by atoms with E-state index in [-0.39, 0.29) is 11.9 Å². The van der Waals surface area contributed by atoms with Crippen molar-refractivity contribution < 1.29 is 9.90 Å². The van der Waals surface area contributed by atoms with Crippen LogP contribution in [0.5, 0.6) is 0 Å². The van der Waals surface area contributed by atoms with E-state index >= 15 is 0 Å². The number of carbonyl (C=O) groups is 1. The Morgan fingerprint density at radius 2 is 1.11 bits per heavy atom. The molecule has 0 unspecified atom stereocenters. The summed E-state index contributed by atoms with van der Waals surface area (Å²) in [5, 5.41) is 13.1. The molecule has 0 rings (SSSR count). The number of unbranched alkanes of at least 4 members (excludes halogenated alkanes) is 14. The van der Waals surface area contributed by atoms with Crippen molar-refractivity contribution in [3.63, 3.8) is 0 Å². The Balaban J connectivity index is 3.39. The predicted octanol–water partition coefficient (Wildman–Crippen LogP) is 6.91. The number of nitrogens with one attached hydrogen (secondary N) is 1. The van der Waals surface area contributed by atoms with Crippen molar-refractivity contribution in [3.05, 3.63) is 0 Å². The van der Waals surface area contributed by atoms with Gasteiger partial charge in [0.15, 0.2) is 0 Å². The fourth-order valence-corrected chi connectivity index (χ4v) is 3.58. The molecule has 162 valence electrons. The molecule has 2 atom stereocenters.